The molecule has 1 aromatic carbocycles. The lowest BCUT2D eigenvalue weighted by molar-refractivity contribution is -0.135. The number of aliphatic carboxylic acids is 1. The zero-order valence-electron chi connectivity index (χ0n) is 19.2. The first-order chi connectivity index (χ1) is 16.8. The van der Waals surface area contributed by atoms with Gasteiger partial charge >= 0.3 is 13.7 Å². The van der Waals surface area contributed by atoms with Crippen molar-refractivity contribution in [2.75, 3.05) is 25.5 Å². The number of nitrogens with zero attached hydrogens (tertiary/aromatic N) is 4. The van der Waals surface area contributed by atoms with Crippen molar-refractivity contribution in [2.24, 2.45) is 5.92 Å². The molecule has 0 aliphatic carbocycles. The molecule has 4 unspecified atom stereocenters. The molecule has 1 aliphatic heterocycles. The quantitative estimate of drug-likeness (QED) is 0.325. The van der Waals surface area contributed by atoms with Gasteiger partial charge in [-0.3, -0.25) is 13.9 Å². The summed E-state index contributed by atoms with van der Waals surface area (Å²) >= 11 is 0. The van der Waals surface area contributed by atoms with Crippen molar-refractivity contribution in [3.63, 3.8) is 0 Å². The van der Waals surface area contributed by atoms with Crippen molar-refractivity contribution in [2.45, 2.75) is 32.6 Å². The number of nitrogen functional groups attached to an aromatic ring is 1. The number of hydrogen-bond acceptors (Lipinski definition) is 10. The van der Waals surface area contributed by atoms with Gasteiger partial charge in [0.25, 0.3) is 0 Å². The Morgan fingerprint density at radius 2 is 2.11 bits per heavy atom. The van der Waals surface area contributed by atoms with Gasteiger partial charge in [0.1, 0.15) is 18.5 Å². The minimum atomic E-state index is -3.99. The van der Waals surface area contributed by atoms with Gasteiger partial charge in [-0.15, -0.1) is 0 Å². The summed E-state index contributed by atoms with van der Waals surface area (Å²) in [6.45, 7) is 3.53. The minimum Gasteiger partial charge on any atom is -0.480 e. The van der Waals surface area contributed by atoms with Crippen molar-refractivity contribution >= 4 is 30.8 Å². The first-order valence-electron chi connectivity index (χ1n) is 11.0. The highest BCUT2D eigenvalue weighted by atomic mass is 31.2. The molecule has 3 heterocycles. The molecule has 4 atom stereocenters. The molecule has 13 nitrogen and oxygen atoms in total. The standard InChI is InChI=1S/C21H27N6O7P/c1-3-31-19-17-18(25-21(22)26-19)27(12-23-17)20-13(2)9-15(33-20)11-32-35(30,24-10-16(28)29)34-14-7-5-4-6-8-14/h4-8,12-13,15,20H,3,9-11H2,1-2H3,(H,24,30)(H,28,29)(H2,22,25,26). The van der Waals surface area contributed by atoms with E-state index in [1.165, 1.54) is 0 Å². The van der Waals surface area contributed by atoms with E-state index in [-0.39, 0.29) is 24.2 Å². The maximum Gasteiger partial charge on any atom is 0.459 e. The highest BCUT2D eigenvalue weighted by Gasteiger charge is 2.37. The van der Waals surface area contributed by atoms with Crippen molar-refractivity contribution in [3.05, 3.63) is 36.7 Å². The second kappa shape index (κ2) is 10.6. The zero-order chi connectivity index (χ0) is 25.0. The molecule has 2 aromatic heterocycles. The zero-order valence-corrected chi connectivity index (χ0v) is 20.1. The van der Waals surface area contributed by atoms with Crippen molar-refractivity contribution in [1.29, 1.82) is 0 Å². The Morgan fingerprint density at radius 3 is 2.83 bits per heavy atom. The van der Waals surface area contributed by atoms with Crippen LogP contribution in [-0.4, -0.2) is 56.5 Å². The van der Waals surface area contributed by atoms with E-state index in [2.05, 4.69) is 20.0 Å². The van der Waals surface area contributed by atoms with Crippen molar-refractivity contribution in [1.82, 2.24) is 24.6 Å². The fourth-order valence-corrected chi connectivity index (χ4v) is 5.06. The number of fused-ring (bicyclic) bond motifs is 1. The largest absolute Gasteiger partial charge is 0.480 e. The molecule has 0 bridgehead atoms. The fourth-order valence-electron chi connectivity index (χ4n) is 3.77. The summed E-state index contributed by atoms with van der Waals surface area (Å²) in [4.78, 5) is 23.8. The number of carboxylic acids is 1. The van der Waals surface area contributed by atoms with Crippen LogP contribution >= 0.6 is 7.75 Å². The smallest absolute Gasteiger partial charge is 0.459 e. The molecule has 0 radical (unpaired) electrons. The normalized spacial score (nSPS) is 21.6. The van der Waals surface area contributed by atoms with Crippen LogP contribution in [0.1, 0.15) is 26.5 Å². The average molecular weight is 506 g/mol. The lowest BCUT2D eigenvalue weighted by atomic mass is 10.1. The number of carboxylic acid groups (broad SMARTS) is 1. The van der Waals surface area contributed by atoms with E-state index >= 15 is 0 Å². The van der Waals surface area contributed by atoms with Gasteiger partial charge in [-0.2, -0.15) is 9.97 Å². The van der Waals surface area contributed by atoms with Gasteiger partial charge in [0.2, 0.25) is 11.8 Å². The van der Waals surface area contributed by atoms with E-state index in [0.29, 0.717) is 30.1 Å². The Kier molecular flexibility index (Phi) is 7.51. The maximum atomic E-state index is 13.2. The molecular formula is C21H27N6O7P. The summed E-state index contributed by atoms with van der Waals surface area (Å²) in [6.07, 6.45) is 1.27. The second-order valence-corrected chi connectivity index (χ2v) is 9.68. The average Bonchev–Trinajstić information content (AvgIpc) is 3.40. The summed E-state index contributed by atoms with van der Waals surface area (Å²) in [5.74, 6) is -0.552. The topological polar surface area (TPSA) is 173 Å². The molecular weight excluding hydrogens is 479 g/mol. The first kappa shape index (κ1) is 24.9. The fraction of sp³-hybridized carbons (Fsp3) is 0.429. The maximum absolute atomic E-state index is 13.2. The second-order valence-electron chi connectivity index (χ2n) is 7.93. The Balaban J connectivity index is 1.48. The molecule has 14 heteroatoms. The van der Waals surface area contributed by atoms with Crippen molar-refractivity contribution < 1.29 is 33.0 Å². The van der Waals surface area contributed by atoms with Gasteiger partial charge in [0.15, 0.2) is 11.2 Å². The molecule has 188 valence electrons. The Labute approximate surface area is 201 Å². The first-order valence-corrected chi connectivity index (χ1v) is 12.6. The predicted octanol–water partition coefficient (Wildman–Crippen LogP) is 2.61. The highest BCUT2D eigenvalue weighted by Crippen LogP contribution is 2.45. The van der Waals surface area contributed by atoms with Gasteiger partial charge in [-0.25, -0.2) is 14.6 Å². The van der Waals surface area contributed by atoms with E-state index in [1.54, 1.807) is 41.2 Å². The molecule has 4 rings (SSSR count). The summed E-state index contributed by atoms with van der Waals surface area (Å²) in [5.41, 5.74) is 6.79. The van der Waals surface area contributed by atoms with E-state index in [1.807, 2.05) is 13.8 Å². The summed E-state index contributed by atoms with van der Waals surface area (Å²) in [5, 5.41) is 11.4. The van der Waals surface area contributed by atoms with Crippen LogP contribution in [0.4, 0.5) is 5.95 Å². The molecule has 1 aliphatic rings. The van der Waals surface area contributed by atoms with Gasteiger partial charge in [-0.05, 0) is 25.5 Å². The number of carbonyl (C=O) groups is 1. The number of imidazole rings is 1. The number of ether oxygens (including phenoxy) is 2. The van der Waals surface area contributed by atoms with Gasteiger partial charge in [-0.1, -0.05) is 25.1 Å². The molecule has 0 spiro atoms. The van der Waals surface area contributed by atoms with E-state index < -0.39 is 32.6 Å². The van der Waals surface area contributed by atoms with Gasteiger partial charge in [0.05, 0.1) is 25.6 Å². The van der Waals surface area contributed by atoms with Crippen LogP contribution in [0.15, 0.2) is 36.7 Å². The van der Waals surface area contributed by atoms with Crippen LogP contribution in [0.3, 0.4) is 0 Å². The third-order valence-electron chi connectivity index (χ3n) is 5.24. The number of nitrogens with one attached hydrogen (secondary N) is 1. The Morgan fingerprint density at radius 1 is 1.34 bits per heavy atom. The number of nitrogens with two attached hydrogens (primary N) is 1. The molecule has 1 fully saturated rings. The van der Waals surface area contributed by atoms with Crippen LogP contribution in [0.2, 0.25) is 0 Å². The Hall–Kier alpha value is -3.25. The monoisotopic (exact) mass is 506 g/mol. The van der Waals surface area contributed by atoms with Crippen LogP contribution in [-0.2, 0) is 18.6 Å². The number of aromatic nitrogens is 4. The number of anilines is 1. The SMILES string of the molecule is CCOc1nc(N)nc2c1ncn2C1OC(COP(=O)(NCC(=O)O)Oc2ccccc2)CC1C. The molecule has 1 saturated heterocycles. The summed E-state index contributed by atoms with van der Waals surface area (Å²) in [6, 6.07) is 8.36. The van der Waals surface area contributed by atoms with Gasteiger partial charge in [0, 0.05) is 5.92 Å². The van der Waals surface area contributed by atoms with Crippen LogP contribution < -0.4 is 20.1 Å². The van der Waals surface area contributed by atoms with Crippen LogP contribution in [0.25, 0.3) is 11.2 Å². The number of para-hydroxylation sites is 1. The number of benzene rings is 1. The lowest BCUT2D eigenvalue weighted by Crippen LogP contribution is -2.26. The van der Waals surface area contributed by atoms with E-state index in [4.69, 9.17) is 29.4 Å². The molecule has 4 N–H and O–H groups in total. The number of rotatable bonds is 11. The predicted molar refractivity (Wildman–Crippen MR) is 125 cm³/mol. The number of hydrogen-bond donors (Lipinski definition) is 3. The summed E-state index contributed by atoms with van der Waals surface area (Å²) < 4.78 is 37.7. The summed E-state index contributed by atoms with van der Waals surface area (Å²) in [7, 11) is -3.99. The van der Waals surface area contributed by atoms with Crippen LogP contribution in [0, 0.1) is 5.92 Å². The lowest BCUT2D eigenvalue weighted by Gasteiger charge is -2.21. The third-order valence-corrected chi connectivity index (χ3v) is 6.72. The highest BCUT2D eigenvalue weighted by molar-refractivity contribution is 7.52. The third kappa shape index (κ3) is 5.88. The molecule has 0 amide bonds. The van der Waals surface area contributed by atoms with Gasteiger partial charge < -0.3 is 24.8 Å². The van der Waals surface area contributed by atoms with Crippen molar-refractivity contribution in [3.8, 4) is 11.6 Å². The minimum absolute atomic E-state index is 0.0224. The van der Waals surface area contributed by atoms with E-state index in [0.717, 1.165) is 0 Å². The van der Waals surface area contributed by atoms with Crippen LogP contribution in [0.5, 0.6) is 11.6 Å². The molecule has 0 saturated carbocycles. The molecule has 35 heavy (non-hydrogen) atoms. The molecule has 3 aromatic rings. The van der Waals surface area contributed by atoms with E-state index in [9.17, 15) is 9.36 Å². The Bertz CT molecular complexity index is 1220.